The summed E-state index contributed by atoms with van der Waals surface area (Å²) < 4.78 is 2.18. The maximum Gasteiger partial charge on any atom is 0.233 e. The Balaban J connectivity index is 1.59. The molecule has 23 heavy (non-hydrogen) atoms. The first kappa shape index (κ1) is 16.8. The lowest BCUT2D eigenvalue weighted by atomic mass is 9.86. The maximum absolute atomic E-state index is 12.5. The molecular formula is C17H28N4OS. The molecule has 2 aliphatic carbocycles. The smallest absolute Gasteiger partial charge is 0.233 e. The van der Waals surface area contributed by atoms with Crippen molar-refractivity contribution in [3.05, 3.63) is 5.82 Å². The Hall–Kier alpha value is -1.04. The molecule has 5 nitrogen and oxygen atoms in total. The van der Waals surface area contributed by atoms with Gasteiger partial charge >= 0.3 is 0 Å². The van der Waals surface area contributed by atoms with E-state index in [-0.39, 0.29) is 11.2 Å². The van der Waals surface area contributed by atoms with Gasteiger partial charge in [0.15, 0.2) is 5.16 Å². The summed E-state index contributed by atoms with van der Waals surface area (Å²) >= 11 is 1.54. The third-order valence-corrected chi connectivity index (χ3v) is 6.18. The molecular weight excluding hydrogens is 308 g/mol. The van der Waals surface area contributed by atoms with Crippen LogP contribution in [-0.4, -0.2) is 32.0 Å². The summed E-state index contributed by atoms with van der Waals surface area (Å²) in [6.45, 7) is 7.21. The number of thioether (sulfide) groups is 1. The molecule has 2 fully saturated rings. The average molecular weight is 337 g/mol. The number of hydrogen-bond acceptors (Lipinski definition) is 4. The van der Waals surface area contributed by atoms with E-state index in [1.54, 1.807) is 0 Å². The van der Waals surface area contributed by atoms with Crippen molar-refractivity contribution in [2.45, 2.75) is 88.2 Å². The third-order valence-electron chi connectivity index (χ3n) is 5.09. The molecule has 1 heterocycles. The quantitative estimate of drug-likeness (QED) is 0.809. The minimum Gasteiger partial charge on any atom is -0.352 e. The molecule has 1 aromatic heterocycles. The van der Waals surface area contributed by atoms with Crippen molar-refractivity contribution in [1.29, 1.82) is 0 Å². The van der Waals surface area contributed by atoms with Crippen molar-refractivity contribution in [3.63, 3.8) is 0 Å². The molecule has 128 valence electrons. The van der Waals surface area contributed by atoms with E-state index in [2.05, 4.69) is 33.9 Å². The summed E-state index contributed by atoms with van der Waals surface area (Å²) in [5.41, 5.74) is 0. The first-order chi connectivity index (χ1) is 11.1. The summed E-state index contributed by atoms with van der Waals surface area (Å²) in [6.07, 6.45) is 7.30. The Labute approximate surface area is 143 Å². The number of rotatable bonds is 6. The zero-order chi connectivity index (χ0) is 16.4. The monoisotopic (exact) mass is 336 g/mol. The second-order valence-electron chi connectivity index (χ2n) is 7.00. The van der Waals surface area contributed by atoms with Gasteiger partial charge in [-0.25, -0.2) is 0 Å². The molecule has 0 bridgehead atoms. The number of nitrogens with one attached hydrogen (secondary N) is 1. The molecule has 1 aromatic rings. The van der Waals surface area contributed by atoms with E-state index in [0.717, 1.165) is 23.9 Å². The fourth-order valence-electron chi connectivity index (χ4n) is 3.37. The molecule has 3 rings (SSSR count). The molecule has 0 saturated heterocycles. The highest BCUT2D eigenvalue weighted by atomic mass is 32.2. The van der Waals surface area contributed by atoms with Crippen LogP contribution in [0, 0.1) is 5.92 Å². The van der Waals surface area contributed by atoms with Gasteiger partial charge in [-0.15, -0.1) is 10.2 Å². The Morgan fingerprint density at radius 1 is 1.30 bits per heavy atom. The van der Waals surface area contributed by atoms with E-state index in [9.17, 15) is 4.79 Å². The molecule has 1 amide bonds. The predicted molar refractivity (Wildman–Crippen MR) is 92.6 cm³/mol. The van der Waals surface area contributed by atoms with Gasteiger partial charge in [0, 0.05) is 18.5 Å². The van der Waals surface area contributed by atoms with Gasteiger partial charge < -0.3 is 9.88 Å². The normalized spacial score (nSPS) is 26.0. The van der Waals surface area contributed by atoms with Crippen LogP contribution in [0.15, 0.2) is 5.16 Å². The summed E-state index contributed by atoms with van der Waals surface area (Å²) in [4.78, 5) is 12.5. The number of aromatic nitrogens is 3. The van der Waals surface area contributed by atoms with Crippen LogP contribution in [0.3, 0.4) is 0 Å². The van der Waals surface area contributed by atoms with E-state index in [1.807, 2.05) is 6.92 Å². The molecule has 0 unspecified atom stereocenters. The van der Waals surface area contributed by atoms with Crippen LogP contribution in [-0.2, 0) is 11.3 Å². The lowest BCUT2D eigenvalue weighted by Gasteiger charge is -2.30. The Morgan fingerprint density at radius 3 is 2.70 bits per heavy atom. The minimum atomic E-state index is -0.134. The van der Waals surface area contributed by atoms with Crippen molar-refractivity contribution in [1.82, 2.24) is 20.1 Å². The van der Waals surface area contributed by atoms with Gasteiger partial charge in [0.25, 0.3) is 0 Å². The molecule has 6 heteroatoms. The lowest BCUT2D eigenvalue weighted by Crippen LogP contribution is -2.44. The summed E-state index contributed by atoms with van der Waals surface area (Å²) in [7, 11) is 0. The van der Waals surface area contributed by atoms with Crippen LogP contribution in [0.25, 0.3) is 0 Å². The van der Waals surface area contributed by atoms with Crippen molar-refractivity contribution < 1.29 is 4.79 Å². The van der Waals surface area contributed by atoms with E-state index in [1.165, 1.54) is 43.9 Å². The highest BCUT2D eigenvalue weighted by molar-refractivity contribution is 8.00. The van der Waals surface area contributed by atoms with Gasteiger partial charge in [0.05, 0.1) is 5.25 Å². The maximum atomic E-state index is 12.5. The molecule has 3 atom stereocenters. The van der Waals surface area contributed by atoms with E-state index >= 15 is 0 Å². The summed E-state index contributed by atoms with van der Waals surface area (Å²) in [5, 5.41) is 12.7. The molecule has 0 spiro atoms. The van der Waals surface area contributed by atoms with Gasteiger partial charge in [-0.2, -0.15) is 0 Å². The van der Waals surface area contributed by atoms with Gasteiger partial charge in [-0.3, -0.25) is 4.79 Å². The Bertz CT molecular complexity index is 555. The fraction of sp³-hybridized carbons (Fsp3) is 0.824. The first-order valence-electron chi connectivity index (χ1n) is 9.00. The van der Waals surface area contributed by atoms with Crippen molar-refractivity contribution in [3.8, 4) is 0 Å². The molecule has 0 aromatic carbocycles. The standard InChI is InChI=1S/C17H28N4OS/c1-4-21-15(13-9-10-13)19-20-17(21)23-12(3)16(22)18-14-8-6-5-7-11(14)2/h11-14H,4-10H2,1-3H3,(H,18,22)/t11-,12-,14+/m0/s1. The second-order valence-corrected chi connectivity index (χ2v) is 8.30. The van der Waals surface area contributed by atoms with E-state index in [4.69, 9.17) is 0 Å². The van der Waals surface area contributed by atoms with E-state index < -0.39 is 0 Å². The second kappa shape index (κ2) is 7.24. The van der Waals surface area contributed by atoms with Crippen LogP contribution in [0.4, 0.5) is 0 Å². The molecule has 2 aliphatic rings. The largest absolute Gasteiger partial charge is 0.352 e. The number of amides is 1. The fourth-order valence-corrected chi connectivity index (χ4v) is 4.30. The Morgan fingerprint density at radius 2 is 2.04 bits per heavy atom. The summed E-state index contributed by atoms with van der Waals surface area (Å²) in [6, 6.07) is 0.338. The zero-order valence-corrected chi connectivity index (χ0v) is 15.2. The van der Waals surface area contributed by atoms with E-state index in [0.29, 0.717) is 17.9 Å². The lowest BCUT2D eigenvalue weighted by molar-refractivity contribution is -0.121. The molecule has 1 N–H and O–H groups in total. The zero-order valence-electron chi connectivity index (χ0n) is 14.4. The van der Waals surface area contributed by atoms with Crippen LogP contribution >= 0.6 is 11.8 Å². The molecule has 0 aliphatic heterocycles. The van der Waals surface area contributed by atoms with Crippen molar-refractivity contribution in [2.24, 2.45) is 5.92 Å². The first-order valence-corrected chi connectivity index (χ1v) is 9.88. The van der Waals surface area contributed by atoms with Gasteiger partial charge in [-0.1, -0.05) is 31.5 Å². The molecule has 0 radical (unpaired) electrons. The Kier molecular flexibility index (Phi) is 5.29. The number of carbonyl (C=O) groups is 1. The van der Waals surface area contributed by atoms with Crippen LogP contribution in [0.1, 0.15) is 71.0 Å². The van der Waals surface area contributed by atoms with Gasteiger partial charge in [0.2, 0.25) is 5.91 Å². The SMILES string of the molecule is CCn1c(S[C@@H](C)C(=O)N[C@@H]2CCCC[C@@H]2C)nnc1C1CC1. The minimum absolute atomic E-state index is 0.132. The van der Waals surface area contributed by atoms with Crippen molar-refractivity contribution in [2.75, 3.05) is 0 Å². The van der Waals surface area contributed by atoms with Gasteiger partial charge in [-0.05, 0) is 45.4 Å². The topological polar surface area (TPSA) is 59.8 Å². The number of hydrogen-bond donors (Lipinski definition) is 1. The molecule has 2 saturated carbocycles. The third kappa shape index (κ3) is 3.90. The predicted octanol–water partition coefficient (Wildman–Crippen LogP) is 3.35. The summed E-state index contributed by atoms with van der Waals surface area (Å²) in [5.74, 6) is 2.41. The van der Waals surface area contributed by atoms with Crippen LogP contribution < -0.4 is 5.32 Å². The van der Waals surface area contributed by atoms with Crippen molar-refractivity contribution >= 4 is 17.7 Å². The van der Waals surface area contributed by atoms with Crippen LogP contribution in [0.2, 0.25) is 0 Å². The number of carbonyl (C=O) groups excluding carboxylic acids is 1. The highest BCUT2D eigenvalue weighted by Gasteiger charge is 2.31. The number of nitrogens with zero attached hydrogens (tertiary/aromatic N) is 3. The van der Waals surface area contributed by atoms with Crippen LogP contribution in [0.5, 0.6) is 0 Å². The van der Waals surface area contributed by atoms with Gasteiger partial charge in [0.1, 0.15) is 5.82 Å². The average Bonchev–Trinajstić information content (AvgIpc) is 3.31. The highest BCUT2D eigenvalue weighted by Crippen LogP contribution is 2.40.